The molecule has 0 saturated heterocycles. The van der Waals surface area contributed by atoms with Gasteiger partial charge < -0.3 is 10.2 Å². The molecular formula is C10H7F2N3O3. The van der Waals surface area contributed by atoms with Crippen LogP contribution in [0.1, 0.15) is 17.0 Å². The summed E-state index contributed by atoms with van der Waals surface area (Å²) in [4.78, 5) is 14.4. The Morgan fingerprint density at radius 2 is 2.11 bits per heavy atom. The fraction of sp³-hybridized carbons (Fsp3) is 0.100. The van der Waals surface area contributed by atoms with E-state index in [1.807, 2.05) is 0 Å². The molecule has 0 fully saturated rings. The van der Waals surface area contributed by atoms with E-state index < -0.39 is 24.0 Å². The number of hydrogen-bond donors (Lipinski definition) is 2. The van der Waals surface area contributed by atoms with Crippen LogP contribution in [0.4, 0.5) is 8.78 Å². The molecule has 0 spiro atoms. The normalized spacial score (nSPS) is 10.8. The number of carboxylic acids is 1. The number of rotatable bonds is 3. The van der Waals surface area contributed by atoms with Crippen LogP contribution in [0.2, 0.25) is 0 Å². The molecular weight excluding hydrogens is 248 g/mol. The Bertz CT molecular complexity index is 598. The van der Waals surface area contributed by atoms with Crippen LogP contribution < -0.4 is 0 Å². The molecule has 2 heterocycles. The molecule has 0 atom stereocenters. The fourth-order valence-corrected chi connectivity index (χ4v) is 1.35. The monoisotopic (exact) mass is 255 g/mol. The third-order valence-corrected chi connectivity index (χ3v) is 2.17. The third kappa shape index (κ3) is 2.12. The summed E-state index contributed by atoms with van der Waals surface area (Å²) in [5.41, 5.74) is -0.174. The van der Waals surface area contributed by atoms with E-state index in [1.165, 1.54) is 6.07 Å². The second-order valence-electron chi connectivity index (χ2n) is 3.36. The predicted octanol–water partition coefficient (Wildman–Crippen LogP) is 1.74. The van der Waals surface area contributed by atoms with Gasteiger partial charge >= 0.3 is 12.5 Å². The van der Waals surface area contributed by atoms with Crippen molar-refractivity contribution in [3.63, 3.8) is 0 Å². The highest BCUT2D eigenvalue weighted by Crippen LogP contribution is 2.23. The second kappa shape index (κ2) is 4.40. The minimum atomic E-state index is -2.78. The van der Waals surface area contributed by atoms with Crippen molar-refractivity contribution in [3.8, 4) is 17.0 Å². The zero-order valence-electron chi connectivity index (χ0n) is 8.79. The lowest BCUT2D eigenvalue weighted by atomic mass is 10.2. The van der Waals surface area contributed by atoms with Crippen LogP contribution in [0.25, 0.3) is 11.3 Å². The summed E-state index contributed by atoms with van der Waals surface area (Å²) in [6.45, 7) is -2.78. The van der Waals surface area contributed by atoms with Gasteiger partial charge in [0.2, 0.25) is 0 Å². The lowest BCUT2D eigenvalue weighted by molar-refractivity contribution is 0.0566. The number of carbonyl (C=O) groups is 1. The average molecular weight is 255 g/mol. The highest BCUT2D eigenvalue weighted by molar-refractivity contribution is 5.89. The summed E-state index contributed by atoms with van der Waals surface area (Å²) >= 11 is 0. The number of aromatic carboxylic acids is 1. The average Bonchev–Trinajstić information content (AvgIpc) is 2.78. The molecule has 0 aliphatic heterocycles. The van der Waals surface area contributed by atoms with Gasteiger partial charge in [0.05, 0.1) is 11.9 Å². The van der Waals surface area contributed by atoms with Crippen LogP contribution in [0.3, 0.4) is 0 Å². The molecule has 94 valence electrons. The maximum atomic E-state index is 12.3. The summed E-state index contributed by atoms with van der Waals surface area (Å²) in [5.74, 6) is -1.90. The Balaban J connectivity index is 2.44. The number of halogens is 2. The van der Waals surface area contributed by atoms with Crippen LogP contribution in [-0.4, -0.2) is 30.9 Å². The lowest BCUT2D eigenvalue weighted by Crippen LogP contribution is -2.01. The maximum Gasteiger partial charge on any atom is 0.358 e. The van der Waals surface area contributed by atoms with E-state index in [4.69, 9.17) is 5.11 Å². The van der Waals surface area contributed by atoms with E-state index in [2.05, 4.69) is 10.1 Å². The minimum absolute atomic E-state index is 0.136. The quantitative estimate of drug-likeness (QED) is 0.872. The first kappa shape index (κ1) is 12.0. The molecule has 0 saturated carbocycles. The van der Waals surface area contributed by atoms with Gasteiger partial charge in [0, 0.05) is 11.8 Å². The van der Waals surface area contributed by atoms with Gasteiger partial charge in [-0.05, 0) is 12.1 Å². The van der Waals surface area contributed by atoms with Gasteiger partial charge in [-0.25, -0.2) is 14.5 Å². The van der Waals surface area contributed by atoms with Gasteiger partial charge in [0.1, 0.15) is 5.75 Å². The van der Waals surface area contributed by atoms with Crippen molar-refractivity contribution in [1.29, 1.82) is 0 Å². The molecule has 2 aromatic rings. The fourth-order valence-electron chi connectivity index (χ4n) is 1.35. The highest BCUT2D eigenvalue weighted by Gasteiger charge is 2.15. The molecule has 2 aromatic heterocycles. The molecule has 0 aromatic carbocycles. The summed E-state index contributed by atoms with van der Waals surface area (Å²) < 4.78 is 25.0. The molecule has 18 heavy (non-hydrogen) atoms. The molecule has 2 N–H and O–H groups in total. The topological polar surface area (TPSA) is 88.2 Å². The molecule has 0 aliphatic rings. The molecule has 0 radical (unpaired) electrons. The van der Waals surface area contributed by atoms with E-state index in [1.54, 1.807) is 0 Å². The number of carboxylic acid groups (broad SMARTS) is 1. The van der Waals surface area contributed by atoms with Crippen LogP contribution in [-0.2, 0) is 0 Å². The van der Waals surface area contributed by atoms with Crippen LogP contribution in [0.5, 0.6) is 5.75 Å². The highest BCUT2D eigenvalue weighted by atomic mass is 19.3. The number of aromatic hydroxyl groups is 1. The van der Waals surface area contributed by atoms with E-state index in [-0.39, 0.29) is 11.3 Å². The largest absolute Gasteiger partial charge is 0.505 e. The van der Waals surface area contributed by atoms with Gasteiger partial charge in [0.15, 0.2) is 5.69 Å². The minimum Gasteiger partial charge on any atom is -0.505 e. The van der Waals surface area contributed by atoms with E-state index >= 15 is 0 Å². The Morgan fingerprint density at radius 1 is 1.39 bits per heavy atom. The molecule has 2 rings (SSSR count). The van der Waals surface area contributed by atoms with Crippen molar-refractivity contribution in [2.24, 2.45) is 0 Å². The van der Waals surface area contributed by atoms with Gasteiger partial charge in [-0.3, -0.25) is 0 Å². The lowest BCUT2D eigenvalue weighted by Gasteiger charge is -2.01. The van der Waals surface area contributed by atoms with Gasteiger partial charge in [0.25, 0.3) is 0 Å². The third-order valence-electron chi connectivity index (χ3n) is 2.17. The summed E-state index contributed by atoms with van der Waals surface area (Å²) in [7, 11) is 0. The first-order valence-corrected chi connectivity index (χ1v) is 4.75. The zero-order chi connectivity index (χ0) is 13.3. The SMILES string of the molecule is O=C(O)c1nc(-c2cnn(C(F)F)c2)ccc1O. The first-order chi connectivity index (χ1) is 8.49. The van der Waals surface area contributed by atoms with E-state index in [9.17, 15) is 18.7 Å². The molecule has 0 aliphatic carbocycles. The Kier molecular flexibility index (Phi) is 2.92. The van der Waals surface area contributed by atoms with E-state index in [0.29, 0.717) is 4.68 Å². The van der Waals surface area contributed by atoms with Gasteiger partial charge in [-0.1, -0.05) is 0 Å². The van der Waals surface area contributed by atoms with Crippen molar-refractivity contribution < 1.29 is 23.8 Å². The first-order valence-electron chi connectivity index (χ1n) is 4.75. The Morgan fingerprint density at radius 3 is 2.67 bits per heavy atom. The van der Waals surface area contributed by atoms with Crippen LogP contribution in [0.15, 0.2) is 24.5 Å². The molecule has 0 unspecified atom stereocenters. The number of pyridine rings is 1. The number of nitrogens with zero attached hydrogens (tertiary/aromatic N) is 3. The van der Waals surface area contributed by atoms with Crippen LogP contribution >= 0.6 is 0 Å². The summed E-state index contributed by atoms with van der Waals surface area (Å²) in [6.07, 6.45) is 2.17. The molecule has 6 nitrogen and oxygen atoms in total. The maximum absolute atomic E-state index is 12.3. The second-order valence-corrected chi connectivity index (χ2v) is 3.36. The van der Waals surface area contributed by atoms with Crippen molar-refractivity contribution in [2.45, 2.75) is 6.55 Å². The smallest absolute Gasteiger partial charge is 0.358 e. The van der Waals surface area contributed by atoms with Crippen molar-refractivity contribution in [1.82, 2.24) is 14.8 Å². The molecule has 0 bridgehead atoms. The van der Waals surface area contributed by atoms with E-state index in [0.717, 1.165) is 18.5 Å². The number of aromatic nitrogens is 3. The van der Waals surface area contributed by atoms with Crippen molar-refractivity contribution >= 4 is 5.97 Å². The number of hydrogen-bond acceptors (Lipinski definition) is 4. The van der Waals surface area contributed by atoms with Crippen molar-refractivity contribution in [3.05, 3.63) is 30.2 Å². The van der Waals surface area contributed by atoms with Crippen LogP contribution in [0, 0.1) is 0 Å². The van der Waals surface area contributed by atoms with Gasteiger partial charge in [-0.15, -0.1) is 0 Å². The Labute approximate surface area is 99.1 Å². The molecule has 0 amide bonds. The van der Waals surface area contributed by atoms with Crippen molar-refractivity contribution in [2.75, 3.05) is 0 Å². The summed E-state index contributed by atoms with van der Waals surface area (Å²) in [5, 5.41) is 21.4. The zero-order valence-corrected chi connectivity index (χ0v) is 8.79. The standard InChI is InChI=1S/C10H7F2N3O3/c11-10(12)15-4-5(3-13-15)6-1-2-7(16)8(14-6)9(17)18/h1-4,10,16H,(H,17,18). The predicted molar refractivity (Wildman–Crippen MR) is 55.3 cm³/mol. The number of alkyl halides is 2. The Hall–Kier alpha value is -2.51. The van der Waals surface area contributed by atoms with Gasteiger partial charge in [-0.2, -0.15) is 13.9 Å². The summed E-state index contributed by atoms with van der Waals surface area (Å²) in [6, 6.07) is 2.44. The molecule has 8 heteroatoms.